The van der Waals surface area contributed by atoms with Crippen molar-refractivity contribution in [3.8, 4) is 17.2 Å². The zero-order valence-corrected chi connectivity index (χ0v) is 19.8. The summed E-state index contributed by atoms with van der Waals surface area (Å²) in [5.41, 5.74) is 1.34. The summed E-state index contributed by atoms with van der Waals surface area (Å²) in [4.78, 5) is 39.7. The van der Waals surface area contributed by atoms with Crippen molar-refractivity contribution in [1.82, 2.24) is 5.32 Å². The number of carbonyl (C=O) groups excluding carboxylic acids is 3. The highest BCUT2D eigenvalue weighted by Crippen LogP contribution is 2.34. The fraction of sp³-hybridized carbons (Fsp3) is 0.222. The van der Waals surface area contributed by atoms with Gasteiger partial charge in [0.05, 0.1) is 12.8 Å². The first kappa shape index (κ1) is 24.7. The molecule has 0 saturated heterocycles. The third-order valence-electron chi connectivity index (χ3n) is 5.72. The number of hydrogen-bond donors (Lipinski definition) is 1. The molecular formula is C27H25FN2O6. The van der Waals surface area contributed by atoms with Crippen LogP contribution in [0.5, 0.6) is 17.2 Å². The van der Waals surface area contributed by atoms with Crippen molar-refractivity contribution >= 4 is 23.3 Å². The van der Waals surface area contributed by atoms with Gasteiger partial charge in [0.2, 0.25) is 5.91 Å². The molecule has 1 N–H and O–H groups in total. The van der Waals surface area contributed by atoms with Crippen molar-refractivity contribution in [1.29, 1.82) is 0 Å². The molecule has 0 radical (unpaired) electrons. The van der Waals surface area contributed by atoms with Crippen LogP contribution in [-0.4, -0.2) is 44.0 Å². The van der Waals surface area contributed by atoms with Crippen molar-refractivity contribution in [3.05, 3.63) is 83.7 Å². The van der Waals surface area contributed by atoms with E-state index in [4.69, 9.17) is 14.2 Å². The minimum absolute atomic E-state index is 0.176. The van der Waals surface area contributed by atoms with Crippen LogP contribution < -0.4 is 24.4 Å². The second-order valence-corrected chi connectivity index (χ2v) is 8.15. The minimum atomic E-state index is -0.876. The molecule has 1 atom stereocenters. The number of nitrogens with one attached hydrogen (secondary N) is 1. The SMILES string of the molecule is COc1cccc(OCC(=O)c2ccc3c(c2)N([C@H](C)C(=O)NCc2ccc(F)cc2)C(=O)CO3)c1. The lowest BCUT2D eigenvalue weighted by atomic mass is 10.1. The molecule has 0 saturated carbocycles. The molecule has 36 heavy (non-hydrogen) atoms. The van der Waals surface area contributed by atoms with Gasteiger partial charge in [0.1, 0.15) is 29.1 Å². The number of methoxy groups -OCH3 is 1. The lowest BCUT2D eigenvalue weighted by molar-refractivity contribution is -0.127. The molecule has 1 aliphatic rings. The Kier molecular flexibility index (Phi) is 7.48. The van der Waals surface area contributed by atoms with E-state index in [9.17, 15) is 18.8 Å². The number of fused-ring (bicyclic) bond motifs is 1. The van der Waals surface area contributed by atoms with E-state index in [0.717, 1.165) is 5.56 Å². The van der Waals surface area contributed by atoms with E-state index in [1.807, 2.05) is 0 Å². The lowest BCUT2D eigenvalue weighted by Crippen LogP contribution is -2.51. The summed E-state index contributed by atoms with van der Waals surface area (Å²) in [7, 11) is 1.54. The predicted molar refractivity (Wildman–Crippen MR) is 130 cm³/mol. The lowest BCUT2D eigenvalue weighted by Gasteiger charge is -2.33. The molecular weight excluding hydrogens is 467 g/mol. The number of hydrogen-bond acceptors (Lipinski definition) is 6. The highest BCUT2D eigenvalue weighted by Gasteiger charge is 2.33. The summed E-state index contributed by atoms with van der Waals surface area (Å²) >= 11 is 0. The van der Waals surface area contributed by atoms with Crippen LogP contribution in [0.4, 0.5) is 10.1 Å². The smallest absolute Gasteiger partial charge is 0.265 e. The molecule has 9 heteroatoms. The molecule has 3 aromatic rings. The first-order valence-electron chi connectivity index (χ1n) is 11.3. The number of benzene rings is 3. The maximum absolute atomic E-state index is 13.1. The molecule has 4 rings (SSSR count). The quantitative estimate of drug-likeness (QED) is 0.460. The molecule has 1 heterocycles. The van der Waals surface area contributed by atoms with Crippen molar-refractivity contribution in [3.63, 3.8) is 0 Å². The zero-order chi connectivity index (χ0) is 25.7. The number of ketones is 1. The van der Waals surface area contributed by atoms with Crippen LogP contribution in [0.25, 0.3) is 0 Å². The number of Topliss-reactive ketones (excluding diaryl/α,β-unsaturated/α-hetero) is 1. The fourth-order valence-electron chi connectivity index (χ4n) is 3.75. The van der Waals surface area contributed by atoms with E-state index in [0.29, 0.717) is 28.5 Å². The second-order valence-electron chi connectivity index (χ2n) is 8.15. The molecule has 0 aromatic heterocycles. The molecule has 3 aromatic carbocycles. The molecule has 0 bridgehead atoms. The topological polar surface area (TPSA) is 94.2 Å². The number of ether oxygens (including phenoxy) is 3. The number of amides is 2. The summed E-state index contributed by atoms with van der Waals surface area (Å²) in [5, 5.41) is 2.76. The number of rotatable bonds is 9. The summed E-state index contributed by atoms with van der Waals surface area (Å²) in [5.74, 6) is -0.0278. The Morgan fingerprint density at radius 1 is 1.08 bits per heavy atom. The monoisotopic (exact) mass is 492 g/mol. The highest BCUT2D eigenvalue weighted by molar-refractivity contribution is 6.05. The molecule has 0 aliphatic carbocycles. The Hall–Kier alpha value is -4.40. The van der Waals surface area contributed by atoms with E-state index in [1.54, 1.807) is 55.5 Å². The van der Waals surface area contributed by atoms with E-state index >= 15 is 0 Å². The molecule has 0 fully saturated rings. The number of nitrogens with zero attached hydrogens (tertiary/aromatic N) is 1. The minimum Gasteiger partial charge on any atom is -0.497 e. The van der Waals surface area contributed by atoms with E-state index in [2.05, 4.69) is 5.32 Å². The van der Waals surface area contributed by atoms with Gasteiger partial charge in [0.15, 0.2) is 19.0 Å². The van der Waals surface area contributed by atoms with Gasteiger partial charge in [0, 0.05) is 18.2 Å². The maximum Gasteiger partial charge on any atom is 0.265 e. The van der Waals surface area contributed by atoms with Crippen molar-refractivity contribution < 1.29 is 33.0 Å². The number of carbonyl (C=O) groups is 3. The zero-order valence-electron chi connectivity index (χ0n) is 19.8. The van der Waals surface area contributed by atoms with Crippen LogP contribution in [0.15, 0.2) is 66.7 Å². The first-order chi connectivity index (χ1) is 17.4. The van der Waals surface area contributed by atoms with Crippen LogP contribution >= 0.6 is 0 Å². The summed E-state index contributed by atoms with van der Waals surface area (Å²) in [6.07, 6.45) is 0. The van der Waals surface area contributed by atoms with Crippen molar-refractivity contribution in [2.75, 3.05) is 25.2 Å². The fourth-order valence-corrected chi connectivity index (χ4v) is 3.75. The molecule has 2 amide bonds. The third-order valence-corrected chi connectivity index (χ3v) is 5.72. The number of halogens is 1. The second kappa shape index (κ2) is 10.9. The van der Waals surface area contributed by atoms with Crippen LogP contribution in [0.3, 0.4) is 0 Å². The van der Waals surface area contributed by atoms with E-state index in [-0.39, 0.29) is 31.4 Å². The largest absolute Gasteiger partial charge is 0.497 e. The van der Waals surface area contributed by atoms with Crippen molar-refractivity contribution in [2.45, 2.75) is 19.5 Å². The van der Waals surface area contributed by atoms with Gasteiger partial charge < -0.3 is 19.5 Å². The third kappa shape index (κ3) is 5.63. The van der Waals surface area contributed by atoms with Gasteiger partial charge >= 0.3 is 0 Å². The average Bonchev–Trinajstić information content (AvgIpc) is 2.90. The van der Waals surface area contributed by atoms with Gasteiger partial charge in [-0.15, -0.1) is 0 Å². The summed E-state index contributed by atoms with van der Waals surface area (Å²) < 4.78 is 29.4. The van der Waals surface area contributed by atoms with Crippen LogP contribution in [-0.2, 0) is 16.1 Å². The predicted octanol–water partition coefficient (Wildman–Crippen LogP) is 3.53. The van der Waals surface area contributed by atoms with Crippen LogP contribution in [0.1, 0.15) is 22.8 Å². The molecule has 0 unspecified atom stereocenters. The van der Waals surface area contributed by atoms with Gasteiger partial charge in [0.25, 0.3) is 5.91 Å². The van der Waals surface area contributed by atoms with E-state index in [1.165, 1.54) is 30.2 Å². The molecule has 186 valence electrons. The van der Waals surface area contributed by atoms with Gasteiger partial charge in [-0.2, -0.15) is 0 Å². The first-order valence-corrected chi connectivity index (χ1v) is 11.3. The van der Waals surface area contributed by atoms with Gasteiger partial charge in [-0.1, -0.05) is 18.2 Å². The standard InChI is InChI=1S/C27H25FN2O6/c1-17(27(33)29-14-18-6-9-20(28)10-7-18)30-23-12-19(8-11-25(23)36-16-26(30)32)24(31)15-35-22-5-3-4-21(13-22)34-2/h3-13,17H,14-16H2,1-2H3,(H,29,33)/t17-/m1/s1. The van der Waals surface area contributed by atoms with Crippen LogP contribution in [0.2, 0.25) is 0 Å². The normalized spacial score (nSPS) is 13.3. The Bertz CT molecular complexity index is 1280. The van der Waals surface area contributed by atoms with Crippen molar-refractivity contribution in [2.24, 2.45) is 0 Å². The van der Waals surface area contributed by atoms with Gasteiger partial charge in [-0.25, -0.2) is 4.39 Å². The molecule has 8 nitrogen and oxygen atoms in total. The van der Waals surface area contributed by atoms with Gasteiger partial charge in [-0.3, -0.25) is 19.3 Å². The molecule has 0 spiro atoms. The number of anilines is 1. The summed E-state index contributed by atoms with van der Waals surface area (Å²) in [6, 6.07) is 16.5. The average molecular weight is 493 g/mol. The highest BCUT2D eigenvalue weighted by atomic mass is 19.1. The summed E-state index contributed by atoms with van der Waals surface area (Å²) in [6.45, 7) is 1.31. The Morgan fingerprint density at radius 2 is 1.83 bits per heavy atom. The molecule has 1 aliphatic heterocycles. The Labute approximate surface area is 207 Å². The van der Waals surface area contributed by atoms with E-state index < -0.39 is 17.9 Å². The maximum atomic E-state index is 13.1. The Balaban J connectivity index is 1.47. The Morgan fingerprint density at radius 3 is 2.58 bits per heavy atom. The van der Waals surface area contributed by atoms with Gasteiger partial charge in [-0.05, 0) is 55.0 Å². The van der Waals surface area contributed by atoms with Crippen LogP contribution in [0, 0.1) is 5.82 Å².